The van der Waals surface area contributed by atoms with Crippen molar-refractivity contribution < 1.29 is 9.52 Å². The van der Waals surface area contributed by atoms with Gasteiger partial charge in [0.1, 0.15) is 23.3 Å². The van der Waals surface area contributed by atoms with Crippen molar-refractivity contribution >= 4 is 11.0 Å². The summed E-state index contributed by atoms with van der Waals surface area (Å²) in [7, 11) is 1.94. The third-order valence-corrected chi connectivity index (χ3v) is 5.31. The van der Waals surface area contributed by atoms with E-state index < -0.39 is 6.10 Å². The zero-order chi connectivity index (χ0) is 17.4. The fraction of sp³-hybridized carbons (Fsp3) is 0.450. The van der Waals surface area contributed by atoms with Crippen molar-refractivity contribution in [2.24, 2.45) is 13.0 Å². The minimum Gasteiger partial charge on any atom is -0.461 e. The Hall–Kier alpha value is -2.11. The maximum absolute atomic E-state index is 10.6. The number of piperidine rings is 1. The summed E-state index contributed by atoms with van der Waals surface area (Å²) in [5.74, 6) is 2.02. The highest BCUT2D eigenvalue weighted by atomic mass is 16.3. The molecule has 1 aliphatic rings. The third-order valence-electron chi connectivity index (χ3n) is 5.31. The Morgan fingerprint density at radius 2 is 2.08 bits per heavy atom. The first-order valence-electron chi connectivity index (χ1n) is 8.97. The number of likely N-dealkylation sites (tertiary alicyclic amines) is 1. The summed E-state index contributed by atoms with van der Waals surface area (Å²) in [6, 6.07) is 8.53. The van der Waals surface area contributed by atoms with E-state index in [9.17, 15) is 5.11 Å². The van der Waals surface area contributed by atoms with Crippen LogP contribution in [-0.2, 0) is 13.6 Å². The van der Waals surface area contributed by atoms with E-state index >= 15 is 0 Å². The number of nitrogens with zero attached hydrogens (tertiary/aromatic N) is 3. The number of aliphatic hydroxyl groups excluding tert-OH is 1. The van der Waals surface area contributed by atoms with Gasteiger partial charge in [-0.3, -0.25) is 4.90 Å². The molecule has 5 nitrogen and oxygen atoms in total. The maximum Gasteiger partial charge on any atom is 0.137 e. The highest BCUT2D eigenvalue weighted by Gasteiger charge is 2.28. The van der Waals surface area contributed by atoms with Gasteiger partial charge in [0.15, 0.2) is 0 Å². The zero-order valence-electron chi connectivity index (χ0n) is 14.9. The molecule has 1 fully saturated rings. The normalized spacial score (nSPS) is 18.0. The van der Waals surface area contributed by atoms with Crippen LogP contribution in [0.3, 0.4) is 0 Å². The molecular formula is C20H25N3O2. The van der Waals surface area contributed by atoms with Crippen LogP contribution in [0.1, 0.15) is 36.1 Å². The summed E-state index contributed by atoms with van der Waals surface area (Å²) in [5, 5.41) is 11.8. The maximum atomic E-state index is 10.6. The van der Waals surface area contributed by atoms with Gasteiger partial charge in [0.2, 0.25) is 0 Å². The van der Waals surface area contributed by atoms with E-state index in [4.69, 9.17) is 4.42 Å². The van der Waals surface area contributed by atoms with E-state index in [0.717, 1.165) is 49.6 Å². The number of hydrogen-bond donors (Lipinski definition) is 1. The van der Waals surface area contributed by atoms with Gasteiger partial charge in [-0.1, -0.05) is 6.07 Å². The molecule has 1 aromatic carbocycles. The lowest BCUT2D eigenvalue weighted by Crippen LogP contribution is -2.35. The molecule has 2 aromatic heterocycles. The van der Waals surface area contributed by atoms with Crippen LogP contribution in [0.4, 0.5) is 0 Å². The van der Waals surface area contributed by atoms with Gasteiger partial charge < -0.3 is 14.1 Å². The van der Waals surface area contributed by atoms with Crippen LogP contribution in [0, 0.1) is 12.8 Å². The van der Waals surface area contributed by atoms with Gasteiger partial charge in [-0.15, -0.1) is 0 Å². The fourth-order valence-electron chi connectivity index (χ4n) is 3.88. The number of imidazole rings is 1. The SMILES string of the molecule is Cc1cc2cc(CN3CCC(C(O)c4nccn4C)CC3)ccc2o1. The first-order chi connectivity index (χ1) is 12.1. The summed E-state index contributed by atoms with van der Waals surface area (Å²) in [4.78, 5) is 6.77. The van der Waals surface area contributed by atoms with Crippen molar-refractivity contribution in [2.75, 3.05) is 13.1 Å². The van der Waals surface area contributed by atoms with Crippen LogP contribution in [-0.4, -0.2) is 32.6 Å². The number of hydrogen-bond acceptors (Lipinski definition) is 4. The Labute approximate surface area is 147 Å². The second kappa shape index (κ2) is 6.65. The molecule has 1 aliphatic heterocycles. The fourth-order valence-corrected chi connectivity index (χ4v) is 3.88. The van der Waals surface area contributed by atoms with Gasteiger partial charge in [0.25, 0.3) is 0 Å². The Morgan fingerprint density at radius 1 is 1.28 bits per heavy atom. The molecule has 5 heteroatoms. The average molecular weight is 339 g/mol. The minimum absolute atomic E-state index is 0.288. The number of aryl methyl sites for hydroxylation is 2. The smallest absolute Gasteiger partial charge is 0.137 e. The van der Waals surface area contributed by atoms with Crippen LogP contribution >= 0.6 is 0 Å². The highest BCUT2D eigenvalue weighted by molar-refractivity contribution is 5.78. The van der Waals surface area contributed by atoms with E-state index in [0.29, 0.717) is 0 Å². The first kappa shape index (κ1) is 16.4. The van der Waals surface area contributed by atoms with E-state index in [-0.39, 0.29) is 5.92 Å². The van der Waals surface area contributed by atoms with Crippen LogP contribution in [0.25, 0.3) is 11.0 Å². The molecule has 132 valence electrons. The number of furan rings is 1. The minimum atomic E-state index is -0.465. The molecule has 0 radical (unpaired) electrons. The van der Waals surface area contributed by atoms with Crippen LogP contribution in [0.2, 0.25) is 0 Å². The Kier molecular flexibility index (Phi) is 4.36. The molecule has 3 aromatic rings. The molecule has 0 aliphatic carbocycles. The number of aliphatic hydroxyl groups is 1. The van der Waals surface area contributed by atoms with Crippen molar-refractivity contribution in [3.8, 4) is 0 Å². The van der Waals surface area contributed by atoms with E-state index in [2.05, 4.69) is 34.1 Å². The van der Waals surface area contributed by atoms with Gasteiger partial charge in [-0.2, -0.15) is 0 Å². The molecule has 1 unspecified atom stereocenters. The average Bonchev–Trinajstić information content (AvgIpc) is 3.19. The second-order valence-electron chi connectivity index (χ2n) is 7.18. The molecule has 1 saturated heterocycles. The summed E-state index contributed by atoms with van der Waals surface area (Å²) in [6.45, 7) is 4.95. The van der Waals surface area contributed by atoms with Crippen LogP contribution in [0.5, 0.6) is 0 Å². The second-order valence-corrected chi connectivity index (χ2v) is 7.18. The number of benzene rings is 1. The lowest BCUT2D eigenvalue weighted by Gasteiger charge is -2.34. The predicted molar refractivity (Wildman–Crippen MR) is 97.1 cm³/mol. The zero-order valence-corrected chi connectivity index (χ0v) is 14.9. The van der Waals surface area contributed by atoms with Crippen LogP contribution in [0.15, 0.2) is 41.1 Å². The van der Waals surface area contributed by atoms with Gasteiger partial charge in [-0.05, 0) is 62.5 Å². The van der Waals surface area contributed by atoms with Gasteiger partial charge in [0, 0.05) is 31.4 Å². The van der Waals surface area contributed by atoms with Crippen LogP contribution < -0.4 is 0 Å². The van der Waals surface area contributed by atoms with Crippen molar-refractivity contribution in [1.82, 2.24) is 14.5 Å². The lowest BCUT2D eigenvalue weighted by atomic mass is 9.90. The lowest BCUT2D eigenvalue weighted by molar-refractivity contribution is 0.0492. The largest absolute Gasteiger partial charge is 0.461 e. The topological polar surface area (TPSA) is 54.4 Å². The molecule has 0 bridgehead atoms. The van der Waals surface area contributed by atoms with Gasteiger partial charge in [-0.25, -0.2) is 4.98 Å². The first-order valence-corrected chi connectivity index (χ1v) is 8.97. The standard InChI is InChI=1S/C20H25N3O2/c1-14-11-17-12-15(3-4-18(17)25-14)13-23-8-5-16(6-9-23)19(24)20-21-7-10-22(20)2/h3-4,7,10-12,16,19,24H,5-6,8-9,13H2,1-2H3. The highest BCUT2D eigenvalue weighted by Crippen LogP contribution is 2.30. The van der Waals surface area contributed by atoms with Crippen molar-refractivity contribution in [3.63, 3.8) is 0 Å². The van der Waals surface area contributed by atoms with E-state index in [1.54, 1.807) is 6.20 Å². The molecule has 25 heavy (non-hydrogen) atoms. The van der Waals surface area contributed by atoms with Gasteiger partial charge in [0.05, 0.1) is 0 Å². The molecule has 4 rings (SSSR count). The van der Waals surface area contributed by atoms with Crippen molar-refractivity contribution in [1.29, 1.82) is 0 Å². The predicted octanol–water partition coefficient (Wildman–Crippen LogP) is 3.42. The monoisotopic (exact) mass is 339 g/mol. The molecule has 3 heterocycles. The molecule has 1 atom stereocenters. The molecule has 1 N–H and O–H groups in total. The van der Waals surface area contributed by atoms with Gasteiger partial charge >= 0.3 is 0 Å². The third kappa shape index (κ3) is 3.34. The van der Waals surface area contributed by atoms with E-state index in [1.165, 1.54) is 10.9 Å². The molecule has 0 saturated carbocycles. The summed E-state index contributed by atoms with van der Waals surface area (Å²) < 4.78 is 7.56. The summed E-state index contributed by atoms with van der Waals surface area (Å²) >= 11 is 0. The Bertz CT molecular complexity index is 859. The quantitative estimate of drug-likeness (QED) is 0.791. The molecule has 0 amide bonds. The number of rotatable bonds is 4. The molecule has 0 spiro atoms. The summed E-state index contributed by atoms with van der Waals surface area (Å²) in [6.07, 6.45) is 5.18. The Morgan fingerprint density at radius 3 is 2.80 bits per heavy atom. The molecular weight excluding hydrogens is 314 g/mol. The van der Waals surface area contributed by atoms with Crippen molar-refractivity contribution in [3.05, 3.63) is 53.8 Å². The number of fused-ring (bicyclic) bond motifs is 1. The van der Waals surface area contributed by atoms with Crippen molar-refractivity contribution in [2.45, 2.75) is 32.4 Å². The van der Waals surface area contributed by atoms with E-state index in [1.807, 2.05) is 24.7 Å². The Balaban J connectivity index is 1.37. The number of aromatic nitrogens is 2. The summed E-state index contributed by atoms with van der Waals surface area (Å²) in [5.41, 5.74) is 2.27.